The molecule has 0 aliphatic carbocycles. The van der Waals surface area contributed by atoms with E-state index in [4.69, 9.17) is 0 Å². The summed E-state index contributed by atoms with van der Waals surface area (Å²) in [6.07, 6.45) is 0. The zero-order valence-electron chi connectivity index (χ0n) is 11.1. The van der Waals surface area contributed by atoms with Crippen molar-refractivity contribution in [2.75, 3.05) is 6.54 Å². The van der Waals surface area contributed by atoms with Crippen LogP contribution in [0.3, 0.4) is 0 Å². The van der Waals surface area contributed by atoms with Gasteiger partial charge in [-0.15, -0.1) is 0 Å². The second kappa shape index (κ2) is 6.76. The number of ketones is 1. The molecule has 0 bridgehead atoms. The fourth-order valence-electron chi connectivity index (χ4n) is 1.92. The van der Waals surface area contributed by atoms with Gasteiger partial charge in [0, 0.05) is 5.56 Å². The minimum absolute atomic E-state index is 0.113. The van der Waals surface area contributed by atoms with Crippen molar-refractivity contribution in [2.45, 2.75) is 6.04 Å². The van der Waals surface area contributed by atoms with E-state index < -0.39 is 17.8 Å². The highest BCUT2D eigenvalue weighted by Crippen LogP contribution is 2.14. The van der Waals surface area contributed by atoms with E-state index >= 15 is 0 Å². The molecule has 2 N–H and O–H groups in total. The maximum Gasteiger partial charge on any atom is 0.325 e. The van der Waals surface area contributed by atoms with Crippen molar-refractivity contribution < 1.29 is 19.1 Å². The summed E-state index contributed by atoms with van der Waals surface area (Å²) >= 11 is 0. The quantitative estimate of drug-likeness (QED) is 0.801. The van der Waals surface area contributed by atoms with Crippen molar-refractivity contribution in [3.63, 3.8) is 0 Å². The molecular formula is C16H14FNO3. The Morgan fingerprint density at radius 2 is 1.67 bits per heavy atom. The molecule has 2 rings (SSSR count). The Labute approximate surface area is 121 Å². The maximum absolute atomic E-state index is 12.9. The van der Waals surface area contributed by atoms with Crippen molar-refractivity contribution in [3.8, 4) is 0 Å². The lowest BCUT2D eigenvalue weighted by molar-refractivity contribution is -0.139. The molecule has 0 aromatic heterocycles. The standard InChI is InChI=1S/C16H14FNO3/c17-13-8-6-12(7-9-13)15(16(20)21)18-10-14(19)11-4-2-1-3-5-11/h1-9,15,18H,10H2,(H,20,21)/t15-/m1/s1. The fraction of sp³-hybridized carbons (Fsp3) is 0.125. The van der Waals surface area contributed by atoms with E-state index in [1.54, 1.807) is 30.3 Å². The second-order valence-electron chi connectivity index (χ2n) is 4.49. The molecule has 0 radical (unpaired) electrons. The molecule has 0 unspecified atom stereocenters. The summed E-state index contributed by atoms with van der Waals surface area (Å²) in [7, 11) is 0. The van der Waals surface area contributed by atoms with Crippen LogP contribution in [0.1, 0.15) is 22.0 Å². The average molecular weight is 287 g/mol. The van der Waals surface area contributed by atoms with Crippen molar-refractivity contribution >= 4 is 11.8 Å². The first-order valence-electron chi connectivity index (χ1n) is 6.38. The summed E-state index contributed by atoms with van der Waals surface area (Å²) in [6.45, 7) is -0.113. The third-order valence-electron chi connectivity index (χ3n) is 3.01. The van der Waals surface area contributed by atoms with Gasteiger partial charge in [0.15, 0.2) is 5.78 Å². The van der Waals surface area contributed by atoms with Crippen molar-refractivity contribution in [1.29, 1.82) is 0 Å². The molecule has 108 valence electrons. The van der Waals surface area contributed by atoms with Crippen LogP contribution in [0.15, 0.2) is 54.6 Å². The first-order chi connectivity index (χ1) is 10.1. The first-order valence-corrected chi connectivity index (χ1v) is 6.38. The topological polar surface area (TPSA) is 66.4 Å². The third kappa shape index (κ3) is 3.97. The van der Waals surface area contributed by atoms with Gasteiger partial charge in [-0.3, -0.25) is 14.9 Å². The molecule has 0 fully saturated rings. The minimum atomic E-state index is -1.12. The van der Waals surface area contributed by atoms with Gasteiger partial charge in [0.25, 0.3) is 0 Å². The maximum atomic E-state index is 12.9. The van der Waals surface area contributed by atoms with Gasteiger partial charge in [-0.25, -0.2) is 4.39 Å². The van der Waals surface area contributed by atoms with Crippen molar-refractivity contribution in [2.24, 2.45) is 0 Å². The monoisotopic (exact) mass is 287 g/mol. The summed E-state index contributed by atoms with van der Waals surface area (Å²) in [6, 6.07) is 12.7. The van der Waals surface area contributed by atoms with E-state index in [0.717, 1.165) is 0 Å². The van der Waals surface area contributed by atoms with Crippen LogP contribution in [0.2, 0.25) is 0 Å². The molecule has 21 heavy (non-hydrogen) atoms. The number of hydrogen-bond acceptors (Lipinski definition) is 3. The van der Waals surface area contributed by atoms with E-state index in [1.807, 2.05) is 0 Å². The predicted octanol–water partition coefficient (Wildman–Crippen LogP) is 2.42. The molecule has 2 aromatic carbocycles. The summed E-state index contributed by atoms with van der Waals surface area (Å²) in [5.41, 5.74) is 0.901. The number of carbonyl (C=O) groups is 2. The Kier molecular flexibility index (Phi) is 4.79. The number of aliphatic carboxylic acids is 1. The van der Waals surface area contributed by atoms with Crippen molar-refractivity contribution in [3.05, 3.63) is 71.5 Å². The van der Waals surface area contributed by atoms with Gasteiger partial charge in [0.05, 0.1) is 6.54 Å². The highest BCUT2D eigenvalue weighted by atomic mass is 19.1. The van der Waals surface area contributed by atoms with Gasteiger partial charge in [0.2, 0.25) is 0 Å². The number of benzene rings is 2. The van der Waals surface area contributed by atoms with Crippen LogP contribution in [0, 0.1) is 5.82 Å². The van der Waals surface area contributed by atoms with Gasteiger partial charge in [0.1, 0.15) is 11.9 Å². The molecule has 0 heterocycles. The molecular weight excluding hydrogens is 273 g/mol. The number of carbonyl (C=O) groups excluding carboxylic acids is 1. The Morgan fingerprint density at radius 3 is 2.24 bits per heavy atom. The highest BCUT2D eigenvalue weighted by molar-refractivity contribution is 5.97. The molecule has 0 aliphatic rings. The Balaban J connectivity index is 2.06. The normalized spacial score (nSPS) is 11.9. The summed E-state index contributed by atoms with van der Waals surface area (Å²) in [4.78, 5) is 23.2. The Hall–Kier alpha value is -2.53. The van der Waals surface area contributed by atoms with Crippen LogP contribution in [0.25, 0.3) is 0 Å². The molecule has 0 spiro atoms. The summed E-state index contributed by atoms with van der Waals surface area (Å²) in [5.74, 6) is -1.77. The number of hydrogen-bond donors (Lipinski definition) is 2. The van der Waals surface area contributed by atoms with Gasteiger partial charge >= 0.3 is 5.97 Å². The zero-order valence-corrected chi connectivity index (χ0v) is 11.1. The predicted molar refractivity (Wildman–Crippen MR) is 75.6 cm³/mol. The van der Waals surface area contributed by atoms with E-state index in [1.165, 1.54) is 24.3 Å². The van der Waals surface area contributed by atoms with E-state index in [0.29, 0.717) is 11.1 Å². The third-order valence-corrected chi connectivity index (χ3v) is 3.01. The number of carboxylic acids is 1. The minimum Gasteiger partial charge on any atom is -0.480 e. The molecule has 4 nitrogen and oxygen atoms in total. The fourth-order valence-corrected chi connectivity index (χ4v) is 1.92. The van der Waals surface area contributed by atoms with Gasteiger partial charge in [-0.2, -0.15) is 0 Å². The number of Topliss-reactive ketones (excluding diaryl/α,β-unsaturated/α-hetero) is 1. The number of rotatable bonds is 6. The Morgan fingerprint density at radius 1 is 1.05 bits per heavy atom. The summed E-state index contributed by atoms with van der Waals surface area (Å²) in [5, 5.41) is 11.9. The van der Waals surface area contributed by atoms with Crippen LogP contribution < -0.4 is 5.32 Å². The smallest absolute Gasteiger partial charge is 0.325 e. The van der Waals surface area contributed by atoms with E-state index in [-0.39, 0.29) is 12.3 Å². The first kappa shape index (κ1) is 14.9. The van der Waals surface area contributed by atoms with Crippen LogP contribution in [0.4, 0.5) is 4.39 Å². The lowest BCUT2D eigenvalue weighted by Crippen LogP contribution is -2.32. The van der Waals surface area contributed by atoms with E-state index in [2.05, 4.69) is 5.32 Å². The molecule has 5 heteroatoms. The average Bonchev–Trinajstić information content (AvgIpc) is 2.49. The summed E-state index contributed by atoms with van der Waals surface area (Å²) < 4.78 is 12.9. The van der Waals surface area contributed by atoms with Gasteiger partial charge in [-0.1, -0.05) is 42.5 Å². The van der Waals surface area contributed by atoms with Crippen LogP contribution >= 0.6 is 0 Å². The van der Waals surface area contributed by atoms with Crippen LogP contribution in [-0.2, 0) is 4.79 Å². The largest absolute Gasteiger partial charge is 0.480 e. The molecule has 0 saturated carbocycles. The highest BCUT2D eigenvalue weighted by Gasteiger charge is 2.20. The molecule has 2 aromatic rings. The molecule has 0 aliphatic heterocycles. The van der Waals surface area contributed by atoms with Gasteiger partial charge in [-0.05, 0) is 17.7 Å². The van der Waals surface area contributed by atoms with Crippen LogP contribution in [-0.4, -0.2) is 23.4 Å². The molecule has 1 atom stereocenters. The van der Waals surface area contributed by atoms with E-state index in [9.17, 15) is 19.1 Å². The number of nitrogens with one attached hydrogen (secondary N) is 1. The van der Waals surface area contributed by atoms with Gasteiger partial charge < -0.3 is 5.11 Å². The SMILES string of the molecule is O=C(CN[C@@H](C(=O)O)c1ccc(F)cc1)c1ccccc1. The lowest BCUT2D eigenvalue weighted by atomic mass is 10.1. The Bertz CT molecular complexity index is 626. The lowest BCUT2D eigenvalue weighted by Gasteiger charge is -2.14. The molecule has 0 amide bonds. The zero-order chi connectivity index (χ0) is 15.2. The second-order valence-corrected chi connectivity index (χ2v) is 4.49. The number of carboxylic acid groups (broad SMARTS) is 1. The van der Waals surface area contributed by atoms with Crippen LogP contribution in [0.5, 0.6) is 0 Å². The molecule has 0 saturated heterocycles. The number of halogens is 1. The van der Waals surface area contributed by atoms with Crippen molar-refractivity contribution in [1.82, 2.24) is 5.32 Å².